The molecule has 1 atom stereocenters. The van der Waals surface area contributed by atoms with Crippen LogP contribution in [0.2, 0.25) is 0 Å². The van der Waals surface area contributed by atoms with Gasteiger partial charge in [-0.3, -0.25) is 0 Å². The van der Waals surface area contributed by atoms with Crippen molar-refractivity contribution >= 4 is 5.82 Å². The molecule has 1 aromatic carbocycles. The van der Waals surface area contributed by atoms with Crippen LogP contribution in [0.4, 0.5) is 19.0 Å². The number of nitriles is 1. The number of rotatable bonds is 3. The predicted octanol–water partition coefficient (Wildman–Crippen LogP) is 3.85. The molecule has 1 aliphatic heterocycles. The van der Waals surface area contributed by atoms with Crippen LogP contribution in [-0.2, 0) is 6.18 Å². The van der Waals surface area contributed by atoms with Crippen molar-refractivity contribution in [1.29, 1.82) is 5.26 Å². The molecule has 2 heterocycles. The largest absolute Gasteiger partial charge is 0.417 e. The van der Waals surface area contributed by atoms with E-state index in [1.54, 1.807) is 6.07 Å². The molecule has 0 amide bonds. The Bertz CT molecular complexity index is 873. The third-order valence-electron chi connectivity index (χ3n) is 4.68. The zero-order valence-corrected chi connectivity index (χ0v) is 15.1. The number of hydrogen-bond donors (Lipinski definition) is 1. The van der Waals surface area contributed by atoms with Crippen LogP contribution >= 0.6 is 0 Å². The van der Waals surface area contributed by atoms with Gasteiger partial charge in [-0.15, -0.1) is 10.2 Å². The lowest BCUT2D eigenvalue weighted by Crippen LogP contribution is -2.39. The minimum absolute atomic E-state index is 0.291. The second-order valence-corrected chi connectivity index (χ2v) is 6.88. The van der Waals surface area contributed by atoms with E-state index in [9.17, 15) is 13.2 Å². The second kappa shape index (κ2) is 7.53. The van der Waals surface area contributed by atoms with Crippen LogP contribution in [0, 0.1) is 18.3 Å². The van der Waals surface area contributed by atoms with Crippen molar-refractivity contribution in [2.75, 3.05) is 25.5 Å². The number of likely N-dealkylation sites (tertiary alicyclic amines) is 1. The quantitative estimate of drug-likeness (QED) is 0.883. The fourth-order valence-electron chi connectivity index (χ4n) is 3.37. The van der Waals surface area contributed by atoms with E-state index in [1.165, 1.54) is 12.1 Å². The van der Waals surface area contributed by atoms with Crippen molar-refractivity contribution < 1.29 is 13.2 Å². The molecule has 1 N–H and O–H groups in total. The van der Waals surface area contributed by atoms with Gasteiger partial charge in [0.15, 0.2) is 0 Å². The molecule has 1 fully saturated rings. The Hall–Kier alpha value is -2.66. The topological polar surface area (TPSA) is 64.8 Å². The Morgan fingerprint density at radius 1 is 1.26 bits per heavy atom. The summed E-state index contributed by atoms with van der Waals surface area (Å²) in [6, 6.07) is 7.19. The van der Waals surface area contributed by atoms with Crippen molar-refractivity contribution in [3.63, 3.8) is 0 Å². The number of piperidine rings is 1. The normalized spacial score (nSPS) is 18.1. The van der Waals surface area contributed by atoms with Gasteiger partial charge in [-0.1, -0.05) is 6.07 Å². The first-order chi connectivity index (χ1) is 12.8. The molecule has 0 radical (unpaired) electrons. The van der Waals surface area contributed by atoms with Gasteiger partial charge >= 0.3 is 6.18 Å². The lowest BCUT2D eigenvalue weighted by molar-refractivity contribution is -0.137. The fraction of sp³-hybridized carbons (Fsp3) is 0.421. The number of alkyl halides is 3. The van der Waals surface area contributed by atoms with E-state index in [2.05, 4.69) is 27.5 Å². The number of likely N-dealkylation sites (N-methyl/N-ethyl adjacent to an activating group) is 1. The lowest BCUT2D eigenvalue weighted by Gasteiger charge is -2.30. The summed E-state index contributed by atoms with van der Waals surface area (Å²) >= 11 is 0. The summed E-state index contributed by atoms with van der Waals surface area (Å²) in [5.74, 6) is 0.643. The smallest absolute Gasteiger partial charge is 0.365 e. The molecule has 0 bridgehead atoms. The van der Waals surface area contributed by atoms with Crippen LogP contribution in [0.1, 0.15) is 29.5 Å². The molecule has 3 rings (SSSR count). The molecule has 5 nitrogen and oxygen atoms in total. The number of aromatic nitrogens is 2. The molecule has 0 saturated carbocycles. The van der Waals surface area contributed by atoms with Gasteiger partial charge in [-0.05, 0) is 57.1 Å². The van der Waals surface area contributed by atoms with Gasteiger partial charge in [0.1, 0.15) is 5.82 Å². The summed E-state index contributed by atoms with van der Waals surface area (Å²) in [5.41, 5.74) is 0.313. The minimum atomic E-state index is -4.56. The summed E-state index contributed by atoms with van der Waals surface area (Å²) in [4.78, 5) is 2.25. The van der Waals surface area contributed by atoms with E-state index in [-0.39, 0.29) is 0 Å². The molecule has 0 unspecified atom stereocenters. The van der Waals surface area contributed by atoms with Gasteiger partial charge in [0, 0.05) is 18.2 Å². The van der Waals surface area contributed by atoms with Gasteiger partial charge in [-0.2, -0.15) is 18.4 Å². The Labute approximate surface area is 155 Å². The highest BCUT2D eigenvalue weighted by Gasteiger charge is 2.33. The Morgan fingerprint density at radius 3 is 2.67 bits per heavy atom. The van der Waals surface area contributed by atoms with Crippen LogP contribution in [0.3, 0.4) is 0 Å². The van der Waals surface area contributed by atoms with Gasteiger partial charge in [-0.25, -0.2) is 0 Å². The van der Waals surface area contributed by atoms with Crippen molar-refractivity contribution in [2.24, 2.45) is 0 Å². The first kappa shape index (κ1) is 19.1. The third-order valence-corrected chi connectivity index (χ3v) is 4.68. The molecule has 27 heavy (non-hydrogen) atoms. The zero-order valence-electron chi connectivity index (χ0n) is 15.1. The number of halogens is 3. The van der Waals surface area contributed by atoms with Crippen molar-refractivity contribution in [2.45, 2.75) is 32.0 Å². The molecule has 1 saturated heterocycles. The van der Waals surface area contributed by atoms with Crippen LogP contribution in [0.25, 0.3) is 11.3 Å². The molecule has 8 heteroatoms. The number of nitrogens with zero attached hydrogens (tertiary/aromatic N) is 4. The molecule has 0 aliphatic carbocycles. The number of benzene rings is 1. The number of hydrogen-bond acceptors (Lipinski definition) is 5. The minimum Gasteiger partial charge on any atom is -0.365 e. The summed E-state index contributed by atoms with van der Waals surface area (Å²) in [6.45, 7) is 3.83. The number of anilines is 1. The molecule has 0 spiro atoms. The van der Waals surface area contributed by atoms with E-state index >= 15 is 0 Å². The van der Waals surface area contributed by atoms with E-state index < -0.39 is 17.3 Å². The molecule has 2 aromatic rings. The Kier molecular flexibility index (Phi) is 5.33. The van der Waals surface area contributed by atoms with Crippen molar-refractivity contribution in [3.05, 3.63) is 41.0 Å². The summed E-state index contributed by atoms with van der Waals surface area (Å²) in [6.07, 6.45) is -2.40. The standard InChI is InChI=1S/C19H20F3N5/c1-12-8-17(24-15-4-3-7-27(2)11-15)25-26-18(12)13-5-6-16(19(20,21)22)14(9-13)10-23/h5-6,8-9,15H,3-4,7,11H2,1-2H3,(H,24,25)/t15-/m1/s1. The van der Waals surface area contributed by atoms with Crippen LogP contribution < -0.4 is 5.32 Å². The van der Waals surface area contributed by atoms with Crippen molar-refractivity contribution in [1.82, 2.24) is 15.1 Å². The number of nitrogens with one attached hydrogen (secondary N) is 1. The molecular formula is C19H20F3N5. The molecular weight excluding hydrogens is 355 g/mol. The van der Waals surface area contributed by atoms with E-state index in [1.807, 2.05) is 13.0 Å². The maximum Gasteiger partial charge on any atom is 0.417 e. The van der Waals surface area contributed by atoms with Gasteiger partial charge < -0.3 is 10.2 Å². The van der Waals surface area contributed by atoms with Crippen LogP contribution in [0.15, 0.2) is 24.3 Å². The third kappa shape index (κ3) is 4.37. The first-order valence-corrected chi connectivity index (χ1v) is 8.69. The van der Waals surface area contributed by atoms with E-state index in [0.29, 0.717) is 23.1 Å². The summed E-state index contributed by atoms with van der Waals surface area (Å²) in [5, 5.41) is 20.8. The average Bonchev–Trinajstić information content (AvgIpc) is 2.60. The van der Waals surface area contributed by atoms with Gasteiger partial charge in [0.05, 0.1) is 22.9 Å². The molecule has 1 aromatic heterocycles. The summed E-state index contributed by atoms with van der Waals surface area (Å²) < 4.78 is 38.9. The van der Waals surface area contributed by atoms with Gasteiger partial charge in [0.25, 0.3) is 0 Å². The van der Waals surface area contributed by atoms with Gasteiger partial charge in [0.2, 0.25) is 0 Å². The maximum atomic E-state index is 13.0. The van der Waals surface area contributed by atoms with Crippen LogP contribution in [-0.4, -0.2) is 41.3 Å². The zero-order chi connectivity index (χ0) is 19.6. The van der Waals surface area contributed by atoms with E-state index in [0.717, 1.165) is 37.6 Å². The Balaban J connectivity index is 1.85. The summed E-state index contributed by atoms with van der Waals surface area (Å²) in [7, 11) is 2.07. The predicted molar refractivity (Wildman–Crippen MR) is 96.1 cm³/mol. The number of aryl methyl sites for hydroxylation is 1. The highest BCUT2D eigenvalue weighted by atomic mass is 19.4. The fourth-order valence-corrected chi connectivity index (χ4v) is 3.37. The maximum absolute atomic E-state index is 13.0. The monoisotopic (exact) mass is 375 g/mol. The van der Waals surface area contributed by atoms with E-state index in [4.69, 9.17) is 5.26 Å². The van der Waals surface area contributed by atoms with Crippen molar-refractivity contribution in [3.8, 4) is 17.3 Å². The molecule has 1 aliphatic rings. The first-order valence-electron chi connectivity index (χ1n) is 8.69. The molecule has 142 valence electrons. The SMILES string of the molecule is Cc1cc(N[C@@H]2CCCN(C)C2)nnc1-c1ccc(C(F)(F)F)c(C#N)c1. The lowest BCUT2D eigenvalue weighted by atomic mass is 10.0. The highest BCUT2D eigenvalue weighted by Crippen LogP contribution is 2.34. The highest BCUT2D eigenvalue weighted by molar-refractivity contribution is 5.66. The Morgan fingerprint density at radius 2 is 2.04 bits per heavy atom. The second-order valence-electron chi connectivity index (χ2n) is 6.88. The van der Waals surface area contributed by atoms with Crippen LogP contribution in [0.5, 0.6) is 0 Å². The average molecular weight is 375 g/mol.